The van der Waals surface area contributed by atoms with Gasteiger partial charge in [0.05, 0.1) is 13.1 Å². The number of carbonyl (C=O) groups is 2. The number of rotatable bonds is 7. The number of amides is 2. The van der Waals surface area contributed by atoms with Crippen LogP contribution in [0.3, 0.4) is 0 Å². The molecule has 5 nitrogen and oxygen atoms in total. The first-order chi connectivity index (χ1) is 10.4. The third-order valence-corrected chi connectivity index (χ3v) is 3.63. The highest BCUT2D eigenvalue weighted by atomic mass is 16.2. The van der Waals surface area contributed by atoms with Gasteiger partial charge in [-0.05, 0) is 43.5 Å². The van der Waals surface area contributed by atoms with Crippen LogP contribution in [0.2, 0.25) is 0 Å². The topological polar surface area (TPSA) is 61.4 Å². The Morgan fingerprint density at radius 3 is 2.27 bits per heavy atom. The summed E-state index contributed by atoms with van der Waals surface area (Å²) < 4.78 is 0. The Labute approximate surface area is 132 Å². The van der Waals surface area contributed by atoms with Gasteiger partial charge in [0.15, 0.2) is 0 Å². The van der Waals surface area contributed by atoms with E-state index < -0.39 is 0 Å². The summed E-state index contributed by atoms with van der Waals surface area (Å²) in [6, 6.07) is 8.22. The standard InChI is InChI=1S/C17H25N3O2/c1-12(2)13-4-6-14(7-5-13)18-16(21)10-20(3)11-17(22)19-15-8-9-15/h4-7,12,15H,8-11H2,1-3H3,(H,18,21)(H,19,22). The molecule has 1 saturated carbocycles. The van der Waals surface area contributed by atoms with Crippen molar-refractivity contribution in [3.63, 3.8) is 0 Å². The van der Waals surface area contributed by atoms with Gasteiger partial charge in [-0.1, -0.05) is 26.0 Å². The number of hydrogen-bond donors (Lipinski definition) is 2. The highest BCUT2D eigenvalue weighted by Crippen LogP contribution is 2.18. The van der Waals surface area contributed by atoms with E-state index in [1.165, 1.54) is 5.56 Å². The van der Waals surface area contributed by atoms with Gasteiger partial charge in [0.1, 0.15) is 0 Å². The molecule has 2 rings (SSSR count). The summed E-state index contributed by atoms with van der Waals surface area (Å²) in [7, 11) is 1.77. The maximum atomic E-state index is 12.0. The number of carbonyl (C=O) groups excluding carboxylic acids is 2. The number of anilines is 1. The van der Waals surface area contributed by atoms with E-state index >= 15 is 0 Å². The SMILES string of the molecule is CC(C)c1ccc(NC(=O)CN(C)CC(=O)NC2CC2)cc1. The lowest BCUT2D eigenvalue weighted by atomic mass is 10.0. The second kappa shape index (κ2) is 7.40. The number of nitrogens with one attached hydrogen (secondary N) is 2. The zero-order chi connectivity index (χ0) is 16.1. The molecule has 2 amide bonds. The van der Waals surface area contributed by atoms with Gasteiger partial charge < -0.3 is 10.6 Å². The predicted octanol–water partition coefficient (Wildman–Crippen LogP) is 1.96. The van der Waals surface area contributed by atoms with Crippen molar-refractivity contribution in [3.8, 4) is 0 Å². The van der Waals surface area contributed by atoms with Crippen LogP contribution >= 0.6 is 0 Å². The van der Waals surface area contributed by atoms with Gasteiger partial charge in [0.2, 0.25) is 11.8 Å². The first-order valence-electron chi connectivity index (χ1n) is 7.81. The average Bonchev–Trinajstić information content (AvgIpc) is 3.22. The van der Waals surface area contributed by atoms with Crippen molar-refractivity contribution in [2.45, 2.75) is 38.6 Å². The van der Waals surface area contributed by atoms with Gasteiger partial charge in [-0.15, -0.1) is 0 Å². The largest absolute Gasteiger partial charge is 0.352 e. The molecule has 1 fully saturated rings. The van der Waals surface area contributed by atoms with E-state index in [0.717, 1.165) is 18.5 Å². The van der Waals surface area contributed by atoms with Gasteiger partial charge in [0.25, 0.3) is 0 Å². The summed E-state index contributed by atoms with van der Waals surface area (Å²) in [6.45, 7) is 4.71. The molecule has 1 aliphatic rings. The molecule has 0 atom stereocenters. The lowest BCUT2D eigenvalue weighted by Crippen LogP contribution is -2.39. The average molecular weight is 303 g/mol. The summed E-state index contributed by atoms with van der Waals surface area (Å²) in [5, 5.41) is 5.77. The molecule has 0 bridgehead atoms. The first kappa shape index (κ1) is 16.5. The van der Waals surface area contributed by atoms with Crippen LogP contribution in [0.5, 0.6) is 0 Å². The Morgan fingerprint density at radius 1 is 1.14 bits per heavy atom. The molecule has 1 aromatic rings. The molecule has 0 spiro atoms. The fraction of sp³-hybridized carbons (Fsp3) is 0.529. The van der Waals surface area contributed by atoms with Gasteiger partial charge in [-0.2, -0.15) is 0 Å². The van der Waals surface area contributed by atoms with E-state index in [2.05, 4.69) is 24.5 Å². The van der Waals surface area contributed by atoms with Crippen LogP contribution in [0.25, 0.3) is 0 Å². The fourth-order valence-corrected chi connectivity index (χ4v) is 2.20. The smallest absolute Gasteiger partial charge is 0.238 e. The third-order valence-electron chi connectivity index (χ3n) is 3.63. The maximum absolute atomic E-state index is 12.0. The fourth-order valence-electron chi connectivity index (χ4n) is 2.20. The summed E-state index contributed by atoms with van der Waals surface area (Å²) >= 11 is 0. The zero-order valence-corrected chi connectivity index (χ0v) is 13.6. The monoisotopic (exact) mass is 303 g/mol. The van der Waals surface area contributed by atoms with Crippen molar-refractivity contribution >= 4 is 17.5 Å². The predicted molar refractivity (Wildman–Crippen MR) is 87.8 cm³/mol. The van der Waals surface area contributed by atoms with Gasteiger partial charge >= 0.3 is 0 Å². The minimum absolute atomic E-state index is 0.0147. The molecule has 2 N–H and O–H groups in total. The minimum Gasteiger partial charge on any atom is -0.352 e. The first-order valence-corrected chi connectivity index (χ1v) is 7.81. The van der Waals surface area contributed by atoms with E-state index in [1.807, 2.05) is 24.3 Å². The van der Waals surface area contributed by atoms with E-state index in [4.69, 9.17) is 0 Å². The molecule has 0 heterocycles. The highest BCUT2D eigenvalue weighted by molar-refractivity contribution is 5.92. The normalized spacial score (nSPS) is 14.2. The van der Waals surface area contributed by atoms with Crippen molar-refractivity contribution in [2.24, 2.45) is 0 Å². The lowest BCUT2D eigenvalue weighted by Gasteiger charge is -2.16. The highest BCUT2D eigenvalue weighted by Gasteiger charge is 2.23. The number of benzene rings is 1. The molecular formula is C17H25N3O2. The Balaban J connectivity index is 1.75. The molecule has 120 valence electrons. The lowest BCUT2D eigenvalue weighted by molar-refractivity contribution is -0.123. The van der Waals surface area contributed by atoms with Crippen molar-refractivity contribution < 1.29 is 9.59 Å². The summed E-state index contributed by atoms with van der Waals surface area (Å²) in [6.07, 6.45) is 2.14. The quantitative estimate of drug-likeness (QED) is 0.809. The zero-order valence-electron chi connectivity index (χ0n) is 13.6. The molecule has 1 aliphatic carbocycles. The van der Waals surface area contributed by atoms with Gasteiger partial charge in [0, 0.05) is 11.7 Å². The summed E-state index contributed by atoms with van der Waals surface area (Å²) in [5.41, 5.74) is 2.03. The van der Waals surface area contributed by atoms with Crippen LogP contribution in [0.15, 0.2) is 24.3 Å². The molecule has 0 unspecified atom stereocenters. The molecule has 22 heavy (non-hydrogen) atoms. The van der Waals surface area contributed by atoms with Crippen LogP contribution in [0, 0.1) is 0 Å². The van der Waals surface area contributed by atoms with Crippen LogP contribution in [0.4, 0.5) is 5.69 Å². The Hall–Kier alpha value is -1.88. The van der Waals surface area contributed by atoms with Crippen molar-refractivity contribution in [1.82, 2.24) is 10.2 Å². The van der Waals surface area contributed by atoms with Crippen LogP contribution in [0.1, 0.15) is 38.2 Å². The summed E-state index contributed by atoms with van der Waals surface area (Å²) in [5.74, 6) is 0.346. The molecule has 0 saturated heterocycles. The van der Waals surface area contributed by atoms with E-state index in [1.54, 1.807) is 11.9 Å². The molecule has 0 aliphatic heterocycles. The number of hydrogen-bond acceptors (Lipinski definition) is 3. The summed E-state index contributed by atoms with van der Waals surface area (Å²) in [4.78, 5) is 25.4. The van der Waals surface area contributed by atoms with Crippen LogP contribution in [-0.2, 0) is 9.59 Å². The molecule has 0 aromatic heterocycles. The Kier molecular flexibility index (Phi) is 5.55. The molecule has 5 heteroatoms. The van der Waals surface area contributed by atoms with Gasteiger partial charge in [-0.3, -0.25) is 14.5 Å². The molecule has 0 radical (unpaired) electrons. The van der Waals surface area contributed by atoms with Crippen LogP contribution < -0.4 is 10.6 Å². The van der Waals surface area contributed by atoms with Crippen molar-refractivity contribution in [2.75, 3.05) is 25.5 Å². The van der Waals surface area contributed by atoms with E-state index in [0.29, 0.717) is 12.0 Å². The van der Waals surface area contributed by atoms with E-state index in [-0.39, 0.29) is 24.9 Å². The Bertz CT molecular complexity index is 521. The molecular weight excluding hydrogens is 278 g/mol. The molecule has 1 aromatic carbocycles. The van der Waals surface area contributed by atoms with E-state index in [9.17, 15) is 9.59 Å². The van der Waals surface area contributed by atoms with Gasteiger partial charge in [-0.25, -0.2) is 0 Å². The minimum atomic E-state index is -0.112. The second-order valence-corrected chi connectivity index (χ2v) is 6.34. The maximum Gasteiger partial charge on any atom is 0.238 e. The van der Waals surface area contributed by atoms with Crippen LogP contribution in [-0.4, -0.2) is 42.9 Å². The second-order valence-electron chi connectivity index (χ2n) is 6.34. The van der Waals surface area contributed by atoms with Crippen molar-refractivity contribution in [3.05, 3.63) is 29.8 Å². The van der Waals surface area contributed by atoms with Crippen molar-refractivity contribution in [1.29, 1.82) is 0 Å². The number of nitrogens with zero attached hydrogens (tertiary/aromatic N) is 1. The third kappa shape index (κ3) is 5.48. The Morgan fingerprint density at radius 2 is 1.73 bits per heavy atom. The number of likely N-dealkylation sites (N-methyl/N-ethyl adjacent to an activating group) is 1.